The summed E-state index contributed by atoms with van der Waals surface area (Å²) in [6.45, 7) is 0. The molecule has 0 aromatic heterocycles. The Hall–Kier alpha value is -3.53. The van der Waals surface area contributed by atoms with Crippen LogP contribution in [-0.2, 0) is 10.0 Å². The number of ether oxygens (including phenoxy) is 1. The van der Waals surface area contributed by atoms with Gasteiger partial charge >= 0.3 is 0 Å². The first kappa shape index (κ1) is 21.2. The highest BCUT2D eigenvalue weighted by atomic mass is 32.2. The number of carbonyl (C=O) groups is 1. The maximum Gasteiger partial charge on any atom is 0.261 e. The van der Waals surface area contributed by atoms with E-state index in [1.807, 2.05) is 0 Å². The van der Waals surface area contributed by atoms with Crippen LogP contribution in [0.2, 0.25) is 0 Å². The Balaban J connectivity index is 1.82. The maximum absolute atomic E-state index is 13.7. The largest absolute Gasteiger partial charge is 0.497 e. The maximum atomic E-state index is 13.7. The minimum absolute atomic E-state index is 0.128. The first-order chi connectivity index (χ1) is 14.2. The fraction of sp³-hybridized carbons (Fsp3) is 0.0500. The monoisotopic (exact) mass is 436 g/mol. The standard InChI is InChI=1S/C20H15F3N2O4S/c1-29-14-7-5-13(6-8-14)25-30(27,28)15-4-2-3-12(9-15)20(26)24-19-11-17(22)16(21)10-18(19)23/h2-11,25H,1H3,(H,24,26). The Morgan fingerprint density at radius 1 is 0.900 bits per heavy atom. The molecule has 0 saturated carbocycles. The molecule has 0 aliphatic rings. The van der Waals surface area contributed by atoms with Gasteiger partial charge in [0.25, 0.3) is 15.9 Å². The number of carbonyl (C=O) groups excluding carboxylic acids is 1. The normalized spacial score (nSPS) is 11.1. The van der Waals surface area contributed by atoms with E-state index in [0.717, 1.165) is 6.07 Å². The smallest absolute Gasteiger partial charge is 0.261 e. The van der Waals surface area contributed by atoms with Gasteiger partial charge in [-0.3, -0.25) is 9.52 Å². The van der Waals surface area contributed by atoms with E-state index in [0.29, 0.717) is 17.9 Å². The second-order valence-electron chi connectivity index (χ2n) is 6.06. The third-order valence-corrected chi connectivity index (χ3v) is 5.39. The molecule has 0 fully saturated rings. The fourth-order valence-electron chi connectivity index (χ4n) is 2.49. The summed E-state index contributed by atoms with van der Waals surface area (Å²) in [4.78, 5) is 12.1. The van der Waals surface area contributed by atoms with Crippen molar-refractivity contribution in [3.8, 4) is 5.75 Å². The number of rotatable bonds is 6. The van der Waals surface area contributed by atoms with Gasteiger partial charge in [0.1, 0.15) is 11.6 Å². The van der Waals surface area contributed by atoms with E-state index in [9.17, 15) is 26.4 Å². The highest BCUT2D eigenvalue weighted by Gasteiger charge is 2.18. The van der Waals surface area contributed by atoms with Gasteiger partial charge in [-0.1, -0.05) is 6.07 Å². The minimum Gasteiger partial charge on any atom is -0.497 e. The van der Waals surface area contributed by atoms with E-state index in [1.165, 1.54) is 37.4 Å². The minimum atomic E-state index is -4.04. The van der Waals surface area contributed by atoms with Crippen molar-refractivity contribution < 1.29 is 31.1 Å². The molecule has 3 rings (SSSR count). The molecule has 0 radical (unpaired) electrons. The molecule has 0 aliphatic carbocycles. The Bertz CT molecular complexity index is 1200. The van der Waals surface area contributed by atoms with Gasteiger partial charge in [-0.05, 0) is 42.5 Å². The van der Waals surface area contributed by atoms with Gasteiger partial charge in [-0.15, -0.1) is 0 Å². The SMILES string of the molecule is COc1ccc(NS(=O)(=O)c2cccc(C(=O)Nc3cc(F)c(F)cc3F)c2)cc1. The molecular weight excluding hydrogens is 421 g/mol. The fourth-order valence-corrected chi connectivity index (χ4v) is 3.59. The van der Waals surface area contributed by atoms with E-state index < -0.39 is 39.1 Å². The van der Waals surface area contributed by atoms with Crippen molar-refractivity contribution in [3.63, 3.8) is 0 Å². The van der Waals surface area contributed by atoms with Gasteiger partial charge in [0.2, 0.25) is 0 Å². The van der Waals surface area contributed by atoms with Crippen LogP contribution in [0.25, 0.3) is 0 Å². The molecule has 6 nitrogen and oxygen atoms in total. The topological polar surface area (TPSA) is 84.5 Å². The number of anilines is 2. The summed E-state index contributed by atoms with van der Waals surface area (Å²) in [5.41, 5.74) is -0.435. The molecule has 0 spiro atoms. The lowest BCUT2D eigenvalue weighted by molar-refractivity contribution is 0.102. The molecule has 30 heavy (non-hydrogen) atoms. The molecule has 0 unspecified atom stereocenters. The second kappa shape index (κ2) is 8.46. The summed E-state index contributed by atoms with van der Waals surface area (Å²) in [6.07, 6.45) is 0. The van der Waals surface area contributed by atoms with Crippen molar-refractivity contribution in [2.45, 2.75) is 4.90 Å². The number of benzene rings is 3. The number of nitrogens with one attached hydrogen (secondary N) is 2. The highest BCUT2D eigenvalue weighted by Crippen LogP contribution is 2.22. The zero-order valence-electron chi connectivity index (χ0n) is 15.4. The predicted octanol–water partition coefficient (Wildman–Crippen LogP) is 4.17. The van der Waals surface area contributed by atoms with Crippen LogP contribution in [0.1, 0.15) is 10.4 Å². The predicted molar refractivity (Wildman–Crippen MR) is 105 cm³/mol. The van der Waals surface area contributed by atoms with E-state index >= 15 is 0 Å². The van der Waals surface area contributed by atoms with E-state index in [-0.39, 0.29) is 16.1 Å². The van der Waals surface area contributed by atoms with Crippen LogP contribution in [0.3, 0.4) is 0 Å². The van der Waals surface area contributed by atoms with Crippen molar-refractivity contribution in [1.29, 1.82) is 0 Å². The van der Waals surface area contributed by atoms with Crippen LogP contribution in [0.5, 0.6) is 5.75 Å². The number of hydrogen-bond acceptors (Lipinski definition) is 4. The number of sulfonamides is 1. The van der Waals surface area contributed by atoms with Gasteiger partial charge in [0.15, 0.2) is 11.6 Å². The molecule has 0 saturated heterocycles. The van der Waals surface area contributed by atoms with Crippen LogP contribution in [0.15, 0.2) is 65.6 Å². The Labute approximate surface area is 170 Å². The molecule has 156 valence electrons. The van der Waals surface area contributed by atoms with E-state index in [2.05, 4.69) is 10.0 Å². The molecule has 0 atom stereocenters. The summed E-state index contributed by atoms with van der Waals surface area (Å²) in [5, 5.41) is 2.09. The molecule has 1 amide bonds. The molecule has 10 heteroatoms. The average Bonchev–Trinajstić information content (AvgIpc) is 2.72. The zero-order chi connectivity index (χ0) is 21.9. The van der Waals surface area contributed by atoms with Crippen molar-refractivity contribution in [3.05, 3.63) is 83.7 Å². The summed E-state index contributed by atoms with van der Waals surface area (Å²) >= 11 is 0. The lowest BCUT2D eigenvalue weighted by atomic mass is 10.2. The zero-order valence-corrected chi connectivity index (χ0v) is 16.3. The quantitative estimate of drug-likeness (QED) is 0.568. The first-order valence-corrected chi connectivity index (χ1v) is 9.91. The third-order valence-electron chi connectivity index (χ3n) is 4.01. The lowest BCUT2D eigenvalue weighted by Gasteiger charge is -2.11. The van der Waals surface area contributed by atoms with Gasteiger partial charge < -0.3 is 10.1 Å². The Kier molecular flexibility index (Phi) is 5.97. The van der Waals surface area contributed by atoms with Crippen molar-refractivity contribution in [1.82, 2.24) is 0 Å². The molecule has 2 N–H and O–H groups in total. The summed E-state index contributed by atoms with van der Waals surface area (Å²) in [6, 6.07) is 11.9. The van der Waals surface area contributed by atoms with E-state index in [4.69, 9.17) is 4.74 Å². The molecule has 0 bridgehead atoms. The van der Waals surface area contributed by atoms with Crippen LogP contribution >= 0.6 is 0 Å². The number of hydrogen-bond donors (Lipinski definition) is 2. The Morgan fingerprint density at radius 3 is 2.23 bits per heavy atom. The molecule has 0 aliphatic heterocycles. The molecule has 3 aromatic rings. The Morgan fingerprint density at radius 2 is 1.57 bits per heavy atom. The first-order valence-electron chi connectivity index (χ1n) is 8.42. The second-order valence-corrected chi connectivity index (χ2v) is 7.74. The van der Waals surface area contributed by atoms with Crippen LogP contribution in [0, 0.1) is 17.5 Å². The average molecular weight is 436 g/mol. The lowest BCUT2D eigenvalue weighted by Crippen LogP contribution is -2.16. The van der Waals surface area contributed by atoms with Gasteiger partial charge in [0.05, 0.1) is 17.7 Å². The summed E-state index contributed by atoms with van der Waals surface area (Å²) in [5.74, 6) is -4.27. The highest BCUT2D eigenvalue weighted by molar-refractivity contribution is 7.92. The van der Waals surface area contributed by atoms with Gasteiger partial charge in [-0.2, -0.15) is 0 Å². The van der Waals surface area contributed by atoms with Gasteiger partial charge in [-0.25, -0.2) is 21.6 Å². The van der Waals surface area contributed by atoms with E-state index in [1.54, 1.807) is 12.1 Å². The van der Waals surface area contributed by atoms with Gasteiger partial charge in [0, 0.05) is 23.4 Å². The third kappa shape index (κ3) is 4.71. The summed E-state index contributed by atoms with van der Waals surface area (Å²) < 4.78 is 72.6. The molecular formula is C20H15F3N2O4S. The molecule has 3 aromatic carbocycles. The van der Waals surface area contributed by atoms with Crippen LogP contribution < -0.4 is 14.8 Å². The number of amides is 1. The summed E-state index contributed by atoms with van der Waals surface area (Å²) in [7, 11) is -2.56. The van der Waals surface area contributed by atoms with Crippen LogP contribution in [-0.4, -0.2) is 21.4 Å². The van der Waals surface area contributed by atoms with Crippen LogP contribution in [0.4, 0.5) is 24.5 Å². The van der Waals surface area contributed by atoms with Crippen molar-refractivity contribution in [2.24, 2.45) is 0 Å². The van der Waals surface area contributed by atoms with Crippen molar-refractivity contribution in [2.75, 3.05) is 17.1 Å². The number of halogens is 3. The molecule has 0 heterocycles. The number of methoxy groups -OCH3 is 1. The van der Waals surface area contributed by atoms with Crippen molar-refractivity contribution >= 4 is 27.3 Å².